The third-order valence-electron chi connectivity index (χ3n) is 2.73. The standard InChI is InChI=1S/C13H19FN2O2/c1-2-3-4-10(8-15)16-13(18)11-7-9(14)5-6-12(11)17/h5-7,10,17H,2-4,8,15H2,1H3,(H,16,18). The Morgan fingerprint density at radius 1 is 1.56 bits per heavy atom. The van der Waals surface area contributed by atoms with Gasteiger partial charge in [0.15, 0.2) is 0 Å². The van der Waals surface area contributed by atoms with E-state index in [1.807, 2.05) is 6.92 Å². The zero-order chi connectivity index (χ0) is 13.5. The van der Waals surface area contributed by atoms with Gasteiger partial charge in [0.1, 0.15) is 11.6 Å². The average molecular weight is 254 g/mol. The van der Waals surface area contributed by atoms with E-state index < -0.39 is 11.7 Å². The number of phenols is 1. The molecule has 0 aromatic heterocycles. The van der Waals surface area contributed by atoms with Crippen molar-refractivity contribution in [2.75, 3.05) is 6.54 Å². The van der Waals surface area contributed by atoms with Gasteiger partial charge in [-0.25, -0.2) is 4.39 Å². The van der Waals surface area contributed by atoms with E-state index in [-0.39, 0.29) is 17.4 Å². The summed E-state index contributed by atoms with van der Waals surface area (Å²) >= 11 is 0. The Balaban J connectivity index is 2.71. The first-order valence-electron chi connectivity index (χ1n) is 6.08. The maximum absolute atomic E-state index is 13.0. The topological polar surface area (TPSA) is 75.3 Å². The van der Waals surface area contributed by atoms with E-state index in [4.69, 9.17) is 5.73 Å². The lowest BCUT2D eigenvalue weighted by Crippen LogP contribution is -2.40. The van der Waals surface area contributed by atoms with E-state index in [0.717, 1.165) is 37.5 Å². The Morgan fingerprint density at radius 3 is 2.89 bits per heavy atom. The molecule has 0 heterocycles. The fraction of sp³-hybridized carbons (Fsp3) is 0.462. The molecule has 0 aliphatic heterocycles. The van der Waals surface area contributed by atoms with E-state index in [2.05, 4.69) is 5.32 Å². The molecule has 5 heteroatoms. The van der Waals surface area contributed by atoms with E-state index in [9.17, 15) is 14.3 Å². The maximum Gasteiger partial charge on any atom is 0.255 e. The monoisotopic (exact) mass is 254 g/mol. The minimum Gasteiger partial charge on any atom is -0.507 e. The smallest absolute Gasteiger partial charge is 0.255 e. The number of nitrogens with one attached hydrogen (secondary N) is 1. The van der Waals surface area contributed by atoms with Crippen LogP contribution >= 0.6 is 0 Å². The minimum absolute atomic E-state index is 0.0649. The summed E-state index contributed by atoms with van der Waals surface area (Å²) in [6.45, 7) is 2.37. The second-order valence-corrected chi connectivity index (χ2v) is 4.21. The first-order valence-corrected chi connectivity index (χ1v) is 6.08. The molecule has 0 aliphatic rings. The maximum atomic E-state index is 13.0. The van der Waals surface area contributed by atoms with Gasteiger partial charge in [0.25, 0.3) is 5.91 Å². The number of halogens is 1. The number of nitrogens with two attached hydrogens (primary N) is 1. The quantitative estimate of drug-likeness (QED) is 0.724. The van der Waals surface area contributed by atoms with Crippen molar-refractivity contribution in [2.45, 2.75) is 32.2 Å². The molecular formula is C13H19FN2O2. The summed E-state index contributed by atoms with van der Waals surface area (Å²) in [6, 6.07) is 3.12. The van der Waals surface area contributed by atoms with Crippen LogP contribution in [0.1, 0.15) is 36.5 Å². The molecule has 0 fully saturated rings. The van der Waals surface area contributed by atoms with Crippen molar-refractivity contribution in [2.24, 2.45) is 5.73 Å². The highest BCUT2D eigenvalue weighted by Gasteiger charge is 2.15. The van der Waals surface area contributed by atoms with Gasteiger partial charge in [-0.15, -0.1) is 0 Å². The number of rotatable bonds is 6. The van der Waals surface area contributed by atoms with Gasteiger partial charge in [-0.3, -0.25) is 4.79 Å². The van der Waals surface area contributed by atoms with Crippen molar-refractivity contribution in [3.63, 3.8) is 0 Å². The average Bonchev–Trinajstić information content (AvgIpc) is 2.37. The molecule has 1 unspecified atom stereocenters. The lowest BCUT2D eigenvalue weighted by Gasteiger charge is -2.16. The summed E-state index contributed by atoms with van der Waals surface area (Å²) in [5, 5.41) is 12.2. The van der Waals surface area contributed by atoms with Gasteiger partial charge in [-0.2, -0.15) is 0 Å². The molecular weight excluding hydrogens is 235 g/mol. The van der Waals surface area contributed by atoms with E-state index in [1.54, 1.807) is 0 Å². The summed E-state index contributed by atoms with van der Waals surface area (Å²) in [7, 11) is 0. The molecule has 0 aliphatic carbocycles. The Bertz CT molecular complexity index is 410. The van der Waals surface area contributed by atoms with Crippen LogP contribution < -0.4 is 11.1 Å². The van der Waals surface area contributed by atoms with Crippen LogP contribution in [0.3, 0.4) is 0 Å². The summed E-state index contributed by atoms with van der Waals surface area (Å²) in [5.41, 5.74) is 5.49. The molecule has 1 amide bonds. The van der Waals surface area contributed by atoms with Crippen LogP contribution in [0, 0.1) is 5.82 Å². The third kappa shape index (κ3) is 4.00. The second kappa shape index (κ2) is 6.96. The van der Waals surface area contributed by atoms with Crippen LogP contribution in [0.5, 0.6) is 5.75 Å². The van der Waals surface area contributed by atoms with Gasteiger partial charge >= 0.3 is 0 Å². The van der Waals surface area contributed by atoms with Gasteiger partial charge in [0, 0.05) is 12.6 Å². The van der Waals surface area contributed by atoms with Gasteiger partial charge < -0.3 is 16.2 Å². The van der Waals surface area contributed by atoms with Crippen molar-refractivity contribution in [1.82, 2.24) is 5.32 Å². The molecule has 0 bridgehead atoms. The molecule has 1 aromatic rings. The number of carbonyl (C=O) groups is 1. The number of unbranched alkanes of at least 4 members (excludes halogenated alkanes) is 1. The number of benzene rings is 1. The highest BCUT2D eigenvalue weighted by molar-refractivity contribution is 5.96. The van der Waals surface area contributed by atoms with Crippen LogP contribution in [0.25, 0.3) is 0 Å². The largest absolute Gasteiger partial charge is 0.507 e. The summed E-state index contributed by atoms with van der Waals surface area (Å²) in [6.07, 6.45) is 2.74. The van der Waals surface area contributed by atoms with Gasteiger partial charge in [-0.1, -0.05) is 19.8 Å². The Kier molecular flexibility index (Phi) is 5.58. The molecule has 100 valence electrons. The van der Waals surface area contributed by atoms with E-state index in [1.165, 1.54) is 0 Å². The fourth-order valence-electron chi connectivity index (χ4n) is 1.65. The highest BCUT2D eigenvalue weighted by Crippen LogP contribution is 2.17. The normalized spacial score (nSPS) is 12.2. The zero-order valence-corrected chi connectivity index (χ0v) is 10.4. The molecule has 18 heavy (non-hydrogen) atoms. The Morgan fingerprint density at radius 2 is 2.28 bits per heavy atom. The van der Waals surface area contributed by atoms with Gasteiger partial charge in [0.2, 0.25) is 0 Å². The lowest BCUT2D eigenvalue weighted by atomic mass is 10.1. The highest BCUT2D eigenvalue weighted by atomic mass is 19.1. The summed E-state index contributed by atoms with van der Waals surface area (Å²) in [4.78, 5) is 11.9. The Labute approximate surface area is 106 Å². The van der Waals surface area contributed by atoms with Crippen LogP contribution in [0.4, 0.5) is 4.39 Å². The van der Waals surface area contributed by atoms with Gasteiger partial charge in [0.05, 0.1) is 5.56 Å². The van der Waals surface area contributed by atoms with Crippen molar-refractivity contribution in [3.8, 4) is 5.75 Å². The van der Waals surface area contributed by atoms with E-state index >= 15 is 0 Å². The molecule has 1 aromatic carbocycles. The molecule has 1 atom stereocenters. The van der Waals surface area contributed by atoms with Crippen LogP contribution in [-0.4, -0.2) is 23.6 Å². The number of hydrogen-bond acceptors (Lipinski definition) is 3. The number of phenolic OH excluding ortho intramolecular Hbond substituents is 1. The van der Waals surface area contributed by atoms with Crippen LogP contribution in [0.2, 0.25) is 0 Å². The van der Waals surface area contributed by atoms with Crippen molar-refractivity contribution in [1.29, 1.82) is 0 Å². The Hall–Kier alpha value is -1.62. The third-order valence-corrected chi connectivity index (χ3v) is 2.73. The minimum atomic E-state index is -0.559. The second-order valence-electron chi connectivity index (χ2n) is 4.21. The fourth-order valence-corrected chi connectivity index (χ4v) is 1.65. The molecule has 4 N–H and O–H groups in total. The van der Waals surface area contributed by atoms with Crippen LogP contribution in [-0.2, 0) is 0 Å². The zero-order valence-electron chi connectivity index (χ0n) is 10.4. The van der Waals surface area contributed by atoms with E-state index in [0.29, 0.717) is 6.54 Å². The first kappa shape index (κ1) is 14.4. The van der Waals surface area contributed by atoms with Crippen molar-refractivity contribution >= 4 is 5.91 Å². The lowest BCUT2D eigenvalue weighted by molar-refractivity contribution is 0.0932. The molecule has 0 saturated heterocycles. The molecule has 4 nitrogen and oxygen atoms in total. The number of carbonyl (C=O) groups excluding carboxylic acids is 1. The van der Waals surface area contributed by atoms with Crippen molar-refractivity contribution < 1.29 is 14.3 Å². The molecule has 0 radical (unpaired) electrons. The molecule has 1 rings (SSSR count). The first-order chi connectivity index (χ1) is 8.58. The molecule has 0 spiro atoms. The van der Waals surface area contributed by atoms with Gasteiger partial charge in [-0.05, 0) is 24.6 Å². The predicted molar refractivity (Wildman–Crippen MR) is 67.9 cm³/mol. The predicted octanol–water partition coefficient (Wildman–Crippen LogP) is 1.78. The number of aromatic hydroxyl groups is 1. The number of amides is 1. The SMILES string of the molecule is CCCCC(CN)NC(=O)c1cc(F)ccc1O. The van der Waals surface area contributed by atoms with Crippen molar-refractivity contribution in [3.05, 3.63) is 29.6 Å². The number of hydrogen-bond donors (Lipinski definition) is 3. The molecule has 0 saturated carbocycles. The summed E-state index contributed by atoms with van der Waals surface area (Å²) in [5.74, 6) is -1.30. The van der Waals surface area contributed by atoms with Crippen LogP contribution in [0.15, 0.2) is 18.2 Å². The summed E-state index contributed by atoms with van der Waals surface area (Å²) < 4.78 is 13.0.